The summed E-state index contributed by atoms with van der Waals surface area (Å²) < 4.78 is 11.8. The van der Waals surface area contributed by atoms with Crippen LogP contribution in [-0.4, -0.2) is 5.75 Å². The third-order valence-corrected chi connectivity index (χ3v) is 6.24. The number of rotatable bonds is 6. The van der Waals surface area contributed by atoms with E-state index in [1.807, 2.05) is 49.4 Å². The van der Waals surface area contributed by atoms with E-state index in [0.29, 0.717) is 12.3 Å². The van der Waals surface area contributed by atoms with Gasteiger partial charge >= 0.3 is 29.6 Å². The Kier molecular flexibility index (Phi) is 7.84. The van der Waals surface area contributed by atoms with Crippen molar-refractivity contribution in [2.45, 2.75) is 19.9 Å². The van der Waals surface area contributed by atoms with E-state index in [-0.39, 0.29) is 29.6 Å². The summed E-state index contributed by atoms with van der Waals surface area (Å²) in [5.74, 6) is 0.628. The molecule has 0 aliphatic heterocycles. The SMILES string of the molecule is CCCSP(=O)([O-])NCc1cccc2ccccc12.[Na+]. The number of nitrogens with one attached hydrogen (secondary N) is 1. The number of fused-ring (bicyclic) bond motifs is 1. The molecule has 0 amide bonds. The summed E-state index contributed by atoms with van der Waals surface area (Å²) in [6, 6.07) is 13.9. The molecule has 20 heavy (non-hydrogen) atoms. The van der Waals surface area contributed by atoms with Gasteiger partial charge in [0.15, 0.2) is 0 Å². The number of benzene rings is 2. The summed E-state index contributed by atoms with van der Waals surface area (Å²) in [5.41, 5.74) is 1.01. The fourth-order valence-corrected chi connectivity index (χ4v) is 4.50. The zero-order valence-corrected chi connectivity index (χ0v) is 15.5. The fourth-order valence-electron chi connectivity index (χ4n) is 1.89. The first-order chi connectivity index (χ1) is 9.12. The Morgan fingerprint density at radius 2 is 1.90 bits per heavy atom. The van der Waals surface area contributed by atoms with Crippen LogP contribution in [0, 0.1) is 0 Å². The Hall–Kier alpha value is 0.200. The van der Waals surface area contributed by atoms with Crippen LogP contribution in [0.5, 0.6) is 0 Å². The molecule has 2 rings (SSSR count). The molecule has 0 radical (unpaired) electrons. The summed E-state index contributed by atoms with van der Waals surface area (Å²) in [6.45, 7) is -1.22. The molecule has 2 aromatic carbocycles. The van der Waals surface area contributed by atoms with Crippen LogP contribution in [-0.2, 0) is 11.1 Å². The second kappa shape index (κ2) is 8.60. The molecule has 0 heterocycles. The van der Waals surface area contributed by atoms with Crippen LogP contribution in [0.25, 0.3) is 10.8 Å². The van der Waals surface area contributed by atoms with Crippen molar-refractivity contribution in [1.82, 2.24) is 5.09 Å². The van der Waals surface area contributed by atoms with E-state index < -0.39 is 6.72 Å². The summed E-state index contributed by atoms with van der Waals surface area (Å²) in [4.78, 5) is 11.8. The molecular weight excluding hydrogens is 300 g/mol. The molecule has 1 unspecified atom stereocenters. The van der Waals surface area contributed by atoms with Gasteiger partial charge in [0.2, 0.25) is 0 Å². The van der Waals surface area contributed by atoms with Gasteiger partial charge in [0.1, 0.15) is 6.72 Å². The quantitative estimate of drug-likeness (QED) is 0.624. The number of hydrogen-bond acceptors (Lipinski definition) is 3. The summed E-state index contributed by atoms with van der Waals surface area (Å²) in [5, 5.41) is 4.89. The molecule has 1 N–H and O–H groups in total. The first kappa shape index (κ1) is 18.2. The Balaban J connectivity index is 0.00000200. The normalized spacial score (nSPS) is 13.7. The molecule has 0 fully saturated rings. The van der Waals surface area contributed by atoms with Gasteiger partial charge in [-0.15, -0.1) is 0 Å². The Morgan fingerprint density at radius 3 is 2.65 bits per heavy atom. The van der Waals surface area contributed by atoms with Crippen molar-refractivity contribution in [3.63, 3.8) is 0 Å². The topological polar surface area (TPSA) is 52.2 Å². The maximum Gasteiger partial charge on any atom is 1.00 e. The second-order valence-electron chi connectivity index (χ2n) is 4.30. The van der Waals surface area contributed by atoms with Crippen molar-refractivity contribution in [2.24, 2.45) is 0 Å². The molecule has 0 spiro atoms. The van der Waals surface area contributed by atoms with Gasteiger partial charge in [0, 0.05) is 12.3 Å². The van der Waals surface area contributed by atoms with Gasteiger partial charge in [-0.1, -0.05) is 60.8 Å². The maximum atomic E-state index is 11.8. The molecule has 0 saturated heterocycles. The fraction of sp³-hybridized carbons (Fsp3) is 0.286. The van der Waals surface area contributed by atoms with E-state index >= 15 is 0 Å². The molecule has 0 bridgehead atoms. The van der Waals surface area contributed by atoms with Crippen molar-refractivity contribution in [1.29, 1.82) is 0 Å². The summed E-state index contributed by atoms with van der Waals surface area (Å²) in [6.07, 6.45) is 0.854. The smallest absolute Gasteiger partial charge is 0.780 e. The van der Waals surface area contributed by atoms with E-state index in [1.54, 1.807) is 0 Å². The van der Waals surface area contributed by atoms with Crippen LogP contribution in [0.3, 0.4) is 0 Å². The molecule has 0 aliphatic carbocycles. The average molecular weight is 317 g/mol. The molecule has 1 atom stereocenters. The molecule has 0 aromatic heterocycles. The maximum absolute atomic E-state index is 11.8. The average Bonchev–Trinajstić information content (AvgIpc) is 2.43. The number of hydrogen-bond donors (Lipinski definition) is 1. The first-order valence-corrected chi connectivity index (χ1v) is 9.51. The van der Waals surface area contributed by atoms with Crippen molar-refractivity contribution >= 4 is 28.9 Å². The standard InChI is InChI=1S/C14H18NO2PS.Na/c1-2-10-19-18(16,17)15-11-13-8-5-7-12-6-3-4-9-14(12)13;/h3-9H,2,10-11H2,1H3,(H2,15,16,17);/q;+1/p-1. The minimum absolute atomic E-state index is 0. The minimum Gasteiger partial charge on any atom is -0.780 e. The second-order valence-corrected chi connectivity index (χ2v) is 8.50. The van der Waals surface area contributed by atoms with Gasteiger partial charge in [-0.25, -0.2) is 0 Å². The van der Waals surface area contributed by atoms with E-state index in [0.717, 1.165) is 34.1 Å². The Morgan fingerprint density at radius 1 is 1.20 bits per heavy atom. The van der Waals surface area contributed by atoms with Crippen molar-refractivity contribution < 1.29 is 39.0 Å². The third-order valence-electron chi connectivity index (χ3n) is 2.81. The van der Waals surface area contributed by atoms with Crippen molar-refractivity contribution in [3.05, 3.63) is 48.0 Å². The van der Waals surface area contributed by atoms with Gasteiger partial charge in [-0.2, -0.15) is 0 Å². The molecular formula is C14H17NNaO2PS. The van der Waals surface area contributed by atoms with Crippen LogP contribution in [0.1, 0.15) is 18.9 Å². The van der Waals surface area contributed by atoms with Gasteiger partial charge in [0.25, 0.3) is 0 Å². The first-order valence-electron chi connectivity index (χ1n) is 6.30. The monoisotopic (exact) mass is 317 g/mol. The van der Waals surface area contributed by atoms with Crippen molar-refractivity contribution in [3.8, 4) is 0 Å². The molecule has 3 nitrogen and oxygen atoms in total. The van der Waals surface area contributed by atoms with Crippen LogP contribution < -0.4 is 39.5 Å². The zero-order valence-electron chi connectivity index (χ0n) is 11.8. The van der Waals surface area contributed by atoms with Crippen LogP contribution in [0.15, 0.2) is 42.5 Å². The van der Waals surface area contributed by atoms with Gasteiger partial charge in [-0.3, -0.25) is 5.09 Å². The minimum atomic E-state index is -3.54. The van der Waals surface area contributed by atoms with Crippen LogP contribution in [0.4, 0.5) is 0 Å². The molecule has 0 saturated carbocycles. The molecule has 2 aromatic rings. The van der Waals surface area contributed by atoms with Gasteiger partial charge in [0.05, 0.1) is 0 Å². The van der Waals surface area contributed by atoms with E-state index in [1.165, 1.54) is 0 Å². The molecule has 6 heteroatoms. The molecule has 102 valence electrons. The Labute approximate surface area is 146 Å². The zero-order chi connectivity index (χ0) is 13.7. The van der Waals surface area contributed by atoms with Crippen LogP contribution >= 0.6 is 18.1 Å². The predicted molar refractivity (Wildman–Crippen MR) is 81.1 cm³/mol. The summed E-state index contributed by atoms with van der Waals surface area (Å²) in [7, 11) is 0. The van der Waals surface area contributed by atoms with E-state index in [4.69, 9.17) is 0 Å². The van der Waals surface area contributed by atoms with Crippen LogP contribution in [0.2, 0.25) is 0 Å². The van der Waals surface area contributed by atoms with Crippen molar-refractivity contribution in [2.75, 3.05) is 5.75 Å². The van der Waals surface area contributed by atoms with Gasteiger partial charge in [-0.05, 0) is 22.8 Å². The van der Waals surface area contributed by atoms with E-state index in [2.05, 4.69) is 5.09 Å². The van der Waals surface area contributed by atoms with Gasteiger partial charge < -0.3 is 9.46 Å². The Bertz CT molecular complexity index is 603. The summed E-state index contributed by atoms with van der Waals surface area (Å²) >= 11 is 0.992. The largest absolute Gasteiger partial charge is 1.00 e. The predicted octanol–water partition coefficient (Wildman–Crippen LogP) is 0.545. The molecule has 0 aliphatic rings. The third kappa shape index (κ3) is 5.19. The van der Waals surface area contributed by atoms with E-state index in [9.17, 15) is 9.46 Å².